The Hall–Kier alpha value is -3.89. The van der Waals surface area contributed by atoms with Gasteiger partial charge in [0.15, 0.2) is 0 Å². The molecule has 2 aliphatic rings. The summed E-state index contributed by atoms with van der Waals surface area (Å²) >= 11 is 0. The number of amidine groups is 1. The van der Waals surface area contributed by atoms with Gasteiger partial charge in [0.25, 0.3) is 0 Å². The summed E-state index contributed by atoms with van der Waals surface area (Å²) in [6, 6.07) is 21.4. The molecular formula is C28H22N6Pt. The molecule has 4 heterocycles. The van der Waals surface area contributed by atoms with Crippen LogP contribution in [0.2, 0.25) is 0 Å². The Morgan fingerprint density at radius 2 is 1.43 bits per heavy atom. The van der Waals surface area contributed by atoms with Crippen molar-refractivity contribution in [3.63, 3.8) is 0 Å². The van der Waals surface area contributed by atoms with E-state index in [0.29, 0.717) is 23.0 Å². The molecule has 7 heteroatoms. The van der Waals surface area contributed by atoms with Crippen molar-refractivity contribution >= 4 is 28.2 Å². The third-order valence-corrected chi connectivity index (χ3v) is 5.39. The predicted octanol–water partition coefficient (Wildman–Crippen LogP) is 5.79. The van der Waals surface area contributed by atoms with Gasteiger partial charge in [-0.1, -0.05) is 91.1 Å². The zero-order valence-electron chi connectivity index (χ0n) is 18.7. The fourth-order valence-corrected chi connectivity index (χ4v) is 3.73. The summed E-state index contributed by atoms with van der Waals surface area (Å²) in [5.41, 5.74) is 0.710. The normalized spacial score (nSPS) is 19.3. The first kappa shape index (κ1) is 24.2. The van der Waals surface area contributed by atoms with Crippen LogP contribution in [0.3, 0.4) is 0 Å². The van der Waals surface area contributed by atoms with Gasteiger partial charge in [0.1, 0.15) is 0 Å². The van der Waals surface area contributed by atoms with E-state index < -0.39 is 0 Å². The largest absolute Gasteiger partial charge is 2.00 e. The summed E-state index contributed by atoms with van der Waals surface area (Å²) in [7, 11) is 0. The molecular weight excluding hydrogens is 615 g/mol. The van der Waals surface area contributed by atoms with Gasteiger partial charge in [-0.15, -0.1) is 0 Å². The number of aliphatic imine (C=N–C) groups is 1. The number of aromatic nitrogens is 3. The molecule has 0 amide bonds. The standard InChI is InChI=1S/C14H12N3.C14H10N3.Pt/c2*1-2-6-12-11(5-1)8-10-16-14(12)17-13-7-3-4-9-15-13;/h1-12H;1-10H;/q2*-1;+2. The number of hydrogen-bond acceptors (Lipinski definition) is 4. The van der Waals surface area contributed by atoms with Crippen LogP contribution < -0.4 is 10.5 Å². The van der Waals surface area contributed by atoms with E-state index in [0.717, 1.165) is 16.6 Å². The Kier molecular flexibility index (Phi) is 8.31. The zero-order chi connectivity index (χ0) is 23.0. The van der Waals surface area contributed by atoms with E-state index in [1.165, 1.54) is 0 Å². The van der Waals surface area contributed by atoms with Crippen molar-refractivity contribution < 1.29 is 21.1 Å². The van der Waals surface area contributed by atoms with Gasteiger partial charge in [-0.2, -0.15) is 0 Å². The molecule has 6 rings (SSSR count). The van der Waals surface area contributed by atoms with E-state index in [9.17, 15) is 0 Å². The maximum absolute atomic E-state index is 4.50. The van der Waals surface area contributed by atoms with E-state index in [1.807, 2.05) is 72.9 Å². The molecule has 0 radical (unpaired) electrons. The quantitative estimate of drug-likeness (QED) is 0.279. The number of nitrogens with zero attached hydrogens (tertiary/aromatic N) is 6. The first-order valence-corrected chi connectivity index (χ1v) is 11.1. The first-order chi connectivity index (χ1) is 16.9. The van der Waals surface area contributed by atoms with E-state index in [-0.39, 0.29) is 27.0 Å². The van der Waals surface area contributed by atoms with Crippen molar-refractivity contribution in [2.24, 2.45) is 21.8 Å². The fourth-order valence-electron chi connectivity index (χ4n) is 3.73. The Balaban J connectivity index is 0.000000160. The number of benzene rings is 1. The molecule has 4 aromatic rings. The molecule has 6 nitrogen and oxygen atoms in total. The minimum atomic E-state index is 0. The molecule has 2 unspecified atom stereocenters. The second-order valence-electron chi connectivity index (χ2n) is 7.66. The molecule has 3 aromatic heterocycles. The number of allylic oxidation sites excluding steroid dienone is 4. The summed E-state index contributed by atoms with van der Waals surface area (Å²) in [6.45, 7) is 0. The van der Waals surface area contributed by atoms with Crippen LogP contribution in [0, 0.1) is 11.8 Å². The van der Waals surface area contributed by atoms with Crippen LogP contribution in [0.1, 0.15) is 0 Å². The van der Waals surface area contributed by atoms with E-state index >= 15 is 0 Å². The Labute approximate surface area is 218 Å². The zero-order valence-corrected chi connectivity index (χ0v) is 21.0. The van der Waals surface area contributed by atoms with Crippen molar-refractivity contribution in [1.29, 1.82) is 0 Å². The van der Waals surface area contributed by atoms with Crippen molar-refractivity contribution in [2.45, 2.75) is 0 Å². The van der Waals surface area contributed by atoms with Gasteiger partial charge in [-0.3, -0.25) is 9.97 Å². The van der Waals surface area contributed by atoms with Crippen LogP contribution in [-0.2, 0) is 21.1 Å². The van der Waals surface area contributed by atoms with Gasteiger partial charge >= 0.3 is 21.1 Å². The van der Waals surface area contributed by atoms with Crippen molar-refractivity contribution in [2.75, 3.05) is 0 Å². The summed E-state index contributed by atoms with van der Waals surface area (Å²) in [5.74, 6) is 2.84. The molecule has 2 atom stereocenters. The van der Waals surface area contributed by atoms with Gasteiger partial charge in [-0.25, -0.2) is 0 Å². The molecule has 1 aromatic carbocycles. The van der Waals surface area contributed by atoms with Crippen molar-refractivity contribution in [3.8, 4) is 0 Å². The number of fused-ring (bicyclic) bond motifs is 2. The number of rotatable bonds is 2. The molecule has 0 N–H and O–H groups in total. The smallest absolute Gasteiger partial charge is 0.446 e. The fraction of sp³-hybridized carbons (Fsp3) is 0.0714. The second kappa shape index (κ2) is 12.0. The van der Waals surface area contributed by atoms with Gasteiger partial charge in [-0.05, 0) is 40.5 Å². The summed E-state index contributed by atoms with van der Waals surface area (Å²) in [4.78, 5) is 21.6. The summed E-state index contributed by atoms with van der Waals surface area (Å²) < 4.78 is 0. The summed E-state index contributed by atoms with van der Waals surface area (Å²) in [6.07, 6.45) is 17.6. The van der Waals surface area contributed by atoms with Crippen LogP contribution in [-0.4, -0.2) is 15.8 Å². The third-order valence-electron chi connectivity index (χ3n) is 5.39. The minimum absolute atomic E-state index is 0. The summed E-state index contributed by atoms with van der Waals surface area (Å²) in [5, 5.41) is 6.53. The third kappa shape index (κ3) is 6.17. The predicted molar refractivity (Wildman–Crippen MR) is 136 cm³/mol. The van der Waals surface area contributed by atoms with Crippen molar-refractivity contribution in [1.82, 2.24) is 15.0 Å². The SMILES string of the molecule is C1=CC2C=C[N-]C(=Nc3ccccn3)C2C=C1.[Pt+2].c1ccc(N=c2[n-]ccc3ccccc23)nc1. The molecule has 0 saturated carbocycles. The second-order valence-corrected chi connectivity index (χ2v) is 7.66. The molecule has 1 aliphatic heterocycles. The first-order valence-electron chi connectivity index (χ1n) is 11.1. The van der Waals surface area contributed by atoms with Gasteiger partial charge in [0.2, 0.25) is 0 Å². The Morgan fingerprint density at radius 3 is 2.20 bits per heavy atom. The van der Waals surface area contributed by atoms with Gasteiger partial charge in [0, 0.05) is 24.2 Å². The van der Waals surface area contributed by atoms with Crippen LogP contribution in [0.25, 0.3) is 16.1 Å². The molecule has 174 valence electrons. The maximum Gasteiger partial charge on any atom is 2.00 e. The van der Waals surface area contributed by atoms with Gasteiger partial charge in [0.05, 0.1) is 11.6 Å². The number of pyridine rings is 3. The number of hydrogen-bond donors (Lipinski definition) is 0. The van der Waals surface area contributed by atoms with E-state index in [4.69, 9.17) is 0 Å². The monoisotopic (exact) mass is 637 g/mol. The van der Waals surface area contributed by atoms with E-state index in [1.54, 1.807) is 18.6 Å². The molecule has 0 saturated heterocycles. The minimum Gasteiger partial charge on any atom is -0.446 e. The Bertz CT molecular complexity index is 1430. The average molecular weight is 638 g/mol. The molecule has 35 heavy (non-hydrogen) atoms. The van der Waals surface area contributed by atoms with Crippen LogP contribution in [0.15, 0.2) is 132 Å². The molecule has 0 bridgehead atoms. The van der Waals surface area contributed by atoms with Crippen LogP contribution >= 0.6 is 0 Å². The molecule has 0 fully saturated rings. The topological polar surface area (TPSA) is 78.7 Å². The van der Waals surface area contributed by atoms with Crippen LogP contribution in [0.5, 0.6) is 0 Å². The molecule has 0 spiro atoms. The maximum atomic E-state index is 4.50. The average Bonchev–Trinajstić information content (AvgIpc) is 2.91. The van der Waals surface area contributed by atoms with Gasteiger partial charge < -0.3 is 20.3 Å². The molecule has 1 aliphatic carbocycles. The van der Waals surface area contributed by atoms with Crippen LogP contribution in [0.4, 0.5) is 11.6 Å². The Morgan fingerprint density at radius 1 is 0.714 bits per heavy atom. The van der Waals surface area contributed by atoms with E-state index in [2.05, 4.69) is 60.6 Å². The van der Waals surface area contributed by atoms with Crippen molar-refractivity contribution in [3.05, 3.63) is 133 Å².